The van der Waals surface area contributed by atoms with Crippen LogP contribution in [0.2, 0.25) is 0 Å². The van der Waals surface area contributed by atoms with Crippen LogP contribution in [0.1, 0.15) is 42.9 Å². The third-order valence-corrected chi connectivity index (χ3v) is 3.00. The first kappa shape index (κ1) is 10.9. The number of carboxylic acid groups (broad SMARTS) is 1. The maximum atomic E-state index is 10.7. The molecule has 0 aromatic carbocycles. The molecule has 86 valence electrons. The van der Waals surface area contributed by atoms with Crippen LogP contribution in [0.25, 0.3) is 0 Å². The summed E-state index contributed by atoms with van der Waals surface area (Å²) >= 11 is 0. The van der Waals surface area contributed by atoms with Gasteiger partial charge >= 0.3 is 5.97 Å². The molecule has 1 saturated carbocycles. The Hall–Kier alpha value is -1.65. The van der Waals surface area contributed by atoms with Crippen molar-refractivity contribution in [2.75, 3.05) is 5.73 Å². The van der Waals surface area contributed by atoms with E-state index in [9.17, 15) is 4.79 Å². The highest BCUT2D eigenvalue weighted by atomic mass is 16.4. The number of carboxylic acids is 1. The molecule has 0 aliphatic heterocycles. The van der Waals surface area contributed by atoms with Gasteiger partial charge in [-0.15, -0.1) is 0 Å². The Morgan fingerprint density at radius 2 is 2.19 bits per heavy atom. The molecule has 2 rings (SSSR count). The molecule has 1 heterocycles. The maximum Gasteiger partial charge on any atom is 0.307 e. The molecule has 3 N–H and O–H groups in total. The fourth-order valence-electron chi connectivity index (χ4n) is 2.29. The molecular formula is C11H15N3O2. The van der Waals surface area contributed by atoms with Gasteiger partial charge in [0.2, 0.25) is 5.95 Å². The van der Waals surface area contributed by atoms with E-state index >= 15 is 0 Å². The first-order valence-electron chi connectivity index (χ1n) is 5.50. The highest BCUT2D eigenvalue weighted by Gasteiger charge is 2.22. The number of hydrogen-bond donors (Lipinski definition) is 2. The quantitative estimate of drug-likeness (QED) is 0.804. The second kappa shape index (κ2) is 4.47. The van der Waals surface area contributed by atoms with Gasteiger partial charge in [0.25, 0.3) is 0 Å². The van der Waals surface area contributed by atoms with Gasteiger partial charge in [0.1, 0.15) is 0 Å². The van der Waals surface area contributed by atoms with Crippen LogP contribution in [0.3, 0.4) is 0 Å². The number of rotatable bonds is 3. The van der Waals surface area contributed by atoms with E-state index in [2.05, 4.69) is 9.97 Å². The smallest absolute Gasteiger partial charge is 0.307 e. The van der Waals surface area contributed by atoms with Crippen molar-refractivity contribution >= 4 is 11.9 Å². The van der Waals surface area contributed by atoms with Crippen LogP contribution in [0, 0.1) is 0 Å². The standard InChI is InChI=1S/C11H15N3O2/c12-11-13-6-8(5-9(15)16)10(14-11)7-3-1-2-4-7/h6-7H,1-5H2,(H,15,16)(H2,12,13,14). The Morgan fingerprint density at radius 3 is 2.81 bits per heavy atom. The fraction of sp³-hybridized carbons (Fsp3) is 0.545. The van der Waals surface area contributed by atoms with Gasteiger partial charge in [-0.25, -0.2) is 9.97 Å². The summed E-state index contributed by atoms with van der Waals surface area (Å²) in [5.74, 6) is -0.261. The molecule has 5 nitrogen and oxygen atoms in total. The second-order valence-corrected chi connectivity index (χ2v) is 4.19. The SMILES string of the molecule is Nc1ncc(CC(=O)O)c(C2CCCC2)n1. The van der Waals surface area contributed by atoms with Gasteiger partial charge in [0.05, 0.1) is 12.1 Å². The predicted octanol–water partition coefficient (Wildman–Crippen LogP) is 1.34. The third kappa shape index (κ3) is 2.29. The predicted molar refractivity (Wildman–Crippen MR) is 59.0 cm³/mol. The van der Waals surface area contributed by atoms with Crippen LogP contribution in [-0.2, 0) is 11.2 Å². The van der Waals surface area contributed by atoms with E-state index in [-0.39, 0.29) is 12.4 Å². The number of nitrogens with zero attached hydrogens (tertiary/aromatic N) is 2. The average Bonchev–Trinajstić information content (AvgIpc) is 2.73. The number of aliphatic carboxylic acids is 1. The van der Waals surface area contributed by atoms with Gasteiger partial charge in [0, 0.05) is 17.7 Å². The largest absolute Gasteiger partial charge is 0.481 e. The van der Waals surface area contributed by atoms with Crippen LogP contribution in [0.4, 0.5) is 5.95 Å². The molecule has 5 heteroatoms. The lowest BCUT2D eigenvalue weighted by Crippen LogP contribution is -2.10. The van der Waals surface area contributed by atoms with E-state index in [1.165, 1.54) is 12.8 Å². The molecule has 0 amide bonds. The summed E-state index contributed by atoms with van der Waals surface area (Å²) in [5, 5.41) is 8.82. The molecule has 16 heavy (non-hydrogen) atoms. The second-order valence-electron chi connectivity index (χ2n) is 4.19. The van der Waals surface area contributed by atoms with Crippen LogP contribution in [-0.4, -0.2) is 21.0 Å². The molecule has 1 aromatic rings. The summed E-state index contributed by atoms with van der Waals surface area (Å²) in [6, 6.07) is 0. The summed E-state index contributed by atoms with van der Waals surface area (Å²) in [6.45, 7) is 0. The maximum absolute atomic E-state index is 10.7. The van der Waals surface area contributed by atoms with Gasteiger partial charge in [-0.3, -0.25) is 4.79 Å². The summed E-state index contributed by atoms with van der Waals surface area (Å²) < 4.78 is 0. The van der Waals surface area contributed by atoms with Crippen LogP contribution < -0.4 is 5.73 Å². The van der Waals surface area contributed by atoms with E-state index in [4.69, 9.17) is 10.8 Å². The van der Waals surface area contributed by atoms with E-state index in [1.54, 1.807) is 6.20 Å². The number of carbonyl (C=O) groups is 1. The van der Waals surface area contributed by atoms with Crippen molar-refractivity contribution < 1.29 is 9.90 Å². The first-order valence-corrected chi connectivity index (χ1v) is 5.50. The van der Waals surface area contributed by atoms with Crippen molar-refractivity contribution in [3.63, 3.8) is 0 Å². The van der Waals surface area contributed by atoms with Crippen molar-refractivity contribution in [2.45, 2.75) is 38.0 Å². The zero-order valence-electron chi connectivity index (χ0n) is 9.02. The molecule has 1 aromatic heterocycles. The van der Waals surface area contributed by atoms with Crippen LogP contribution in [0.5, 0.6) is 0 Å². The highest BCUT2D eigenvalue weighted by molar-refractivity contribution is 5.70. The lowest BCUT2D eigenvalue weighted by Gasteiger charge is -2.12. The fourth-order valence-corrected chi connectivity index (χ4v) is 2.29. The topological polar surface area (TPSA) is 89.1 Å². The van der Waals surface area contributed by atoms with Crippen molar-refractivity contribution in [1.82, 2.24) is 9.97 Å². The minimum absolute atomic E-state index is 0.0217. The summed E-state index contributed by atoms with van der Waals surface area (Å²) in [7, 11) is 0. The van der Waals surface area contributed by atoms with E-state index < -0.39 is 5.97 Å². The molecule has 0 radical (unpaired) electrons. The van der Waals surface area contributed by atoms with E-state index in [0.717, 1.165) is 18.5 Å². The van der Waals surface area contributed by atoms with Crippen LogP contribution in [0.15, 0.2) is 6.20 Å². The molecule has 1 aliphatic carbocycles. The molecule has 1 fully saturated rings. The zero-order valence-corrected chi connectivity index (χ0v) is 9.02. The van der Waals surface area contributed by atoms with Crippen molar-refractivity contribution in [3.8, 4) is 0 Å². The minimum atomic E-state index is -0.854. The Bertz CT molecular complexity index is 400. The van der Waals surface area contributed by atoms with Gasteiger partial charge in [-0.05, 0) is 12.8 Å². The minimum Gasteiger partial charge on any atom is -0.481 e. The molecule has 0 bridgehead atoms. The highest BCUT2D eigenvalue weighted by Crippen LogP contribution is 2.34. The molecule has 0 saturated heterocycles. The number of nitrogen functional groups attached to an aromatic ring is 1. The van der Waals surface area contributed by atoms with Gasteiger partial charge < -0.3 is 10.8 Å². The Morgan fingerprint density at radius 1 is 1.50 bits per heavy atom. The van der Waals surface area contributed by atoms with Crippen molar-refractivity contribution in [2.24, 2.45) is 0 Å². The average molecular weight is 221 g/mol. The van der Waals surface area contributed by atoms with Gasteiger partial charge in [-0.2, -0.15) is 0 Å². The van der Waals surface area contributed by atoms with Gasteiger partial charge in [-0.1, -0.05) is 12.8 Å². The summed E-state index contributed by atoms with van der Waals surface area (Å²) in [6.07, 6.45) is 6.03. The lowest BCUT2D eigenvalue weighted by molar-refractivity contribution is -0.136. The zero-order chi connectivity index (χ0) is 11.5. The number of hydrogen-bond acceptors (Lipinski definition) is 4. The normalized spacial score (nSPS) is 16.5. The molecule has 0 unspecified atom stereocenters. The van der Waals surface area contributed by atoms with Crippen LogP contribution >= 0.6 is 0 Å². The van der Waals surface area contributed by atoms with Crippen molar-refractivity contribution in [1.29, 1.82) is 0 Å². The van der Waals surface area contributed by atoms with E-state index in [0.29, 0.717) is 11.5 Å². The Balaban J connectivity index is 2.31. The monoisotopic (exact) mass is 221 g/mol. The summed E-state index contributed by atoms with van der Waals surface area (Å²) in [4.78, 5) is 18.8. The Kier molecular flexibility index (Phi) is 3.03. The number of aromatic nitrogens is 2. The Labute approximate surface area is 93.7 Å². The molecular weight excluding hydrogens is 206 g/mol. The van der Waals surface area contributed by atoms with Crippen molar-refractivity contribution in [3.05, 3.63) is 17.5 Å². The number of anilines is 1. The molecule has 1 aliphatic rings. The van der Waals surface area contributed by atoms with E-state index in [1.807, 2.05) is 0 Å². The van der Waals surface area contributed by atoms with Gasteiger partial charge in [0.15, 0.2) is 0 Å². The number of nitrogens with two attached hydrogens (primary N) is 1. The summed E-state index contributed by atoms with van der Waals surface area (Å²) in [5.41, 5.74) is 7.10. The third-order valence-electron chi connectivity index (χ3n) is 3.00. The first-order chi connectivity index (χ1) is 7.66. The lowest BCUT2D eigenvalue weighted by atomic mass is 9.98. The molecule has 0 atom stereocenters. The molecule has 0 spiro atoms.